The first-order valence-corrected chi connectivity index (χ1v) is 6.74. The molecule has 0 saturated carbocycles. The van der Waals surface area contributed by atoms with Crippen LogP contribution in [0, 0.1) is 0 Å². The van der Waals surface area contributed by atoms with Crippen molar-refractivity contribution in [2.75, 3.05) is 5.32 Å². The number of aromatic nitrogens is 1. The number of urea groups is 1. The Labute approximate surface area is 115 Å². The molecule has 19 heavy (non-hydrogen) atoms. The maximum absolute atomic E-state index is 11.6. The number of anilines is 1. The van der Waals surface area contributed by atoms with Gasteiger partial charge in [0.25, 0.3) is 0 Å². The minimum atomic E-state index is -0.477. The van der Waals surface area contributed by atoms with Crippen LogP contribution in [0.1, 0.15) is 24.2 Å². The highest BCUT2D eigenvalue weighted by molar-refractivity contribution is 7.13. The first-order chi connectivity index (χ1) is 9.15. The number of rotatable bonds is 4. The molecule has 2 amide bonds. The Hall–Kier alpha value is -1.92. The molecular formula is C13H15N3O2S. The quantitative estimate of drug-likeness (QED) is 0.804. The average molecular weight is 277 g/mol. The highest BCUT2D eigenvalue weighted by Gasteiger charge is 2.04. The number of benzene rings is 1. The van der Waals surface area contributed by atoms with Crippen molar-refractivity contribution >= 4 is 22.5 Å². The monoisotopic (exact) mass is 277 g/mol. The van der Waals surface area contributed by atoms with Gasteiger partial charge in [0.1, 0.15) is 0 Å². The van der Waals surface area contributed by atoms with Crippen molar-refractivity contribution in [2.45, 2.75) is 19.6 Å². The minimum Gasteiger partial charge on any atom is -0.389 e. The van der Waals surface area contributed by atoms with E-state index < -0.39 is 6.10 Å². The van der Waals surface area contributed by atoms with E-state index in [4.69, 9.17) is 0 Å². The number of hydrogen-bond donors (Lipinski definition) is 3. The van der Waals surface area contributed by atoms with Gasteiger partial charge in [-0.1, -0.05) is 24.3 Å². The maximum Gasteiger partial charge on any atom is 0.321 e. The second kappa shape index (κ2) is 6.31. The van der Waals surface area contributed by atoms with Crippen molar-refractivity contribution in [3.8, 4) is 0 Å². The molecule has 2 aromatic rings. The summed E-state index contributed by atoms with van der Waals surface area (Å²) in [5.74, 6) is 0. The van der Waals surface area contributed by atoms with E-state index in [1.807, 2.05) is 24.3 Å². The SMILES string of the molecule is CC(O)c1ccc(CNC(=O)Nc2nccs2)cc1. The Balaban J connectivity index is 1.83. The smallest absolute Gasteiger partial charge is 0.321 e. The molecule has 0 spiro atoms. The summed E-state index contributed by atoms with van der Waals surface area (Å²) in [5.41, 5.74) is 1.83. The largest absolute Gasteiger partial charge is 0.389 e. The molecule has 2 rings (SSSR count). The number of carbonyl (C=O) groups is 1. The number of amides is 2. The second-order valence-corrected chi connectivity index (χ2v) is 4.96. The molecule has 0 fully saturated rings. The van der Waals surface area contributed by atoms with Gasteiger partial charge in [0.05, 0.1) is 6.10 Å². The predicted molar refractivity (Wildman–Crippen MR) is 75.0 cm³/mol. The third-order valence-electron chi connectivity index (χ3n) is 2.57. The number of nitrogens with zero attached hydrogens (tertiary/aromatic N) is 1. The number of aliphatic hydroxyl groups is 1. The highest BCUT2D eigenvalue weighted by atomic mass is 32.1. The van der Waals surface area contributed by atoms with Gasteiger partial charge in [-0.3, -0.25) is 5.32 Å². The summed E-state index contributed by atoms with van der Waals surface area (Å²) >= 11 is 1.37. The van der Waals surface area contributed by atoms with Gasteiger partial charge in [-0.15, -0.1) is 11.3 Å². The molecule has 1 aromatic heterocycles. The first kappa shape index (κ1) is 13.5. The fraction of sp³-hybridized carbons (Fsp3) is 0.231. The fourth-order valence-corrected chi connectivity index (χ4v) is 2.05. The molecule has 3 N–H and O–H groups in total. The van der Waals surface area contributed by atoms with Crippen LogP contribution in [0.4, 0.5) is 9.93 Å². The molecule has 1 unspecified atom stereocenters. The van der Waals surface area contributed by atoms with E-state index in [9.17, 15) is 9.90 Å². The summed E-state index contributed by atoms with van der Waals surface area (Å²) < 4.78 is 0. The van der Waals surface area contributed by atoms with Crippen LogP contribution in [-0.4, -0.2) is 16.1 Å². The van der Waals surface area contributed by atoms with Crippen molar-refractivity contribution in [3.63, 3.8) is 0 Å². The zero-order chi connectivity index (χ0) is 13.7. The molecular weight excluding hydrogens is 262 g/mol. The van der Waals surface area contributed by atoms with Crippen molar-refractivity contribution < 1.29 is 9.90 Å². The Bertz CT molecular complexity index is 523. The van der Waals surface area contributed by atoms with Crippen molar-refractivity contribution in [2.24, 2.45) is 0 Å². The van der Waals surface area contributed by atoms with Gasteiger partial charge in [-0.2, -0.15) is 0 Å². The van der Waals surface area contributed by atoms with E-state index in [0.29, 0.717) is 11.7 Å². The number of nitrogens with one attached hydrogen (secondary N) is 2. The lowest BCUT2D eigenvalue weighted by atomic mass is 10.1. The summed E-state index contributed by atoms with van der Waals surface area (Å²) in [6, 6.07) is 7.17. The summed E-state index contributed by atoms with van der Waals surface area (Å²) in [4.78, 5) is 15.5. The molecule has 0 bridgehead atoms. The molecule has 1 heterocycles. The van der Waals surface area contributed by atoms with Crippen LogP contribution in [0.3, 0.4) is 0 Å². The lowest BCUT2D eigenvalue weighted by Crippen LogP contribution is -2.28. The van der Waals surface area contributed by atoms with Crippen molar-refractivity contribution in [1.29, 1.82) is 0 Å². The van der Waals surface area contributed by atoms with Crippen LogP contribution in [0.25, 0.3) is 0 Å². The van der Waals surface area contributed by atoms with Gasteiger partial charge in [-0.25, -0.2) is 9.78 Å². The zero-order valence-corrected chi connectivity index (χ0v) is 11.3. The molecule has 0 radical (unpaired) electrons. The van der Waals surface area contributed by atoms with Gasteiger partial charge in [-0.05, 0) is 18.1 Å². The molecule has 1 aromatic carbocycles. The molecule has 0 aliphatic heterocycles. The zero-order valence-electron chi connectivity index (χ0n) is 10.5. The average Bonchev–Trinajstić information content (AvgIpc) is 2.89. The maximum atomic E-state index is 11.6. The Kier molecular flexibility index (Phi) is 4.48. The van der Waals surface area contributed by atoms with Gasteiger partial charge in [0, 0.05) is 18.1 Å². The Morgan fingerprint density at radius 3 is 2.74 bits per heavy atom. The molecule has 0 aliphatic rings. The molecule has 0 saturated heterocycles. The summed E-state index contributed by atoms with van der Waals surface area (Å²) in [6.07, 6.45) is 1.16. The predicted octanol–water partition coefficient (Wildman–Crippen LogP) is 2.52. The fourth-order valence-electron chi connectivity index (χ4n) is 1.52. The lowest BCUT2D eigenvalue weighted by Gasteiger charge is -2.08. The van der Waals surface area contributed by atoms with E-state index in [1.165, 1.54) is 11.3 Å². The normalized spacial score (nSPS) is 11.9. The van der Waals surface area contributed by atoms with E-state index in [-0.39, 0.29) is 6.03 Å². The Morgan fingerprint density at radius 1 is 1.42 bits per heavy atom. The van der Waals surface area contributed by atoms with Crippen molar-refractivity contribution in [1.82, 2.24) is 10.3 Å². The summed E-state index contributed by atoms with van der Waals surface area (Å²) in [5, 5.41) is 17.1. The molecule has 100 valence electrons. The molecule has 0 aliphatic carbocycles. The number of thiazole rings is 1. The summed E-state index contributed by atoms with van der Waals surface area (Å²) in [6.45, 7) is 2.14. The second-order valence-electron chi connectivity index (χ2n) is 4.06. The molecule has 6 heteroatoms. The third kappa shape index (κ3) is 4.04. The van der Waals surface area contributed by atoms with Crippen LogP contribution in [0.15, 0.2) is 35.8 Å². The van der Waals surface area contributed by atoms with Crippen LogP contribution in [0.5, 0.6) is 0 Å². The van der Waals surface area contributed by atoms with Crippen molar-refractivity contribution in [3.05, 3.63) is 47.0 Å². The van der Waals surface area contributed by atoms with E-state index in [0.717, 1.165) is 11.1 Å². The van der Waals surface area contributed by atoms with Gasteiger partial charge < -0.3 is 10.4 Å². The Morgan fingerprint density at radius 2 is 2.16 bits per heavy atom. The topological polar surface area (TPSA) is 74.2 Å². The van der Waals surface area contributed by atoms with Gasteiger partial charge >= 0.3 is 6.03 Å². The van der Waals surface area contributed by atoms with Crippen LogP contribution < -0.4 is 10.6 Å². The number of hydrogen-bond acceptors (Lipinski definition) is 4. The van der Waals surface area contributed by atoms with Crippen LogP contribution >= 0.6 is 11.3 Å². The highest BCUT2D eigenvalue weighted by Crippen LogP contribution is 2.13. The first-order valence-electron chi connectivity index (χ1n) is 5.86. The summed E-state index contributed by atoms with van der Waals surface area (Å²) in [7, 11) is 0. The number of aliphatic hydroxyl groups excluding tert-OH is 1. The van der Waals surface area contributed by atoms with E-state index >= 15 is 0 Å². The van der Waals surface area contributed by atoms with E-state index in [1.54, 1.807) is 18.5 Å². The standard InChI is InChI=1S/C13H15N3O2S/c1-9(17)11-4-2-10(3-5-11)8-15-12(18)16-13-14-6-7-19-13/h2-7,9,17H,8H2,1H3,(H2,14,15,16,18). The number of carbonyl (C=O) groups excluding carboxylic acids is 1. The third-order valence-corrected chi connectivity index (χ3v) is 3.26. The molecule has 1 atom stereocenters. The van der Waals surface area contributed by atoms with Gasteiger partial charge in [0.15, 0.2) is 5.13 Å². The van der Waals surface area contributed by atoms with Crippen LogP contribution in [0.2, 0.25) is 0 Å². The minimum absolute atomic E-state index is 0.283. The van der Waals surface area contributed by atoms with E-state index in [2.05, 4.69) is 15.6 Å². The van der Waals surface area contributed by atoms with Gasteiger partial charge in [0.2, 0.25) is 0 Å². The van der Waals surface area contributed by atoms with Crippen LogP contribution in [-0.2, 0) is 6.54 Å². The lowest BCUT2D eigenvalue weighted by molar-refractivity contribution is 0.199. The molecule has 5 nitrogen and oxygen atoms in total.